The smallest absolute Gasteiger partial charge is 0.306 e. The largest absolute Gasteiger partial charge is 0.462 e. The zero-order valence-corrected chi connectivity index (χ0v) is 46.5. The van der Waals surface area contributed by atoms with Gasteiger partial charge in [0.05, 0.1) is 6.61 Å². The van der Waals surface area contributed by atoms with Crippen LogP contribution in [0.5, 0.6) is 0 Å². The first-order valence-electron chi connectivity index (χ1n) is 30.1. The molecule has 0 aliphatic carbocycles. The maximum absolute atomic E-state index is 12.9. The monoisotopic (exact) mass is 975 g/mol. The molecule has 0 aromatic rings. The topological polar surface area (TPSA) is 61.8 Å². The molecule has 0 aliphatic heterocycles. The Bertz CT molecular complexity index is 1290. The SMILES string of the molecule is CC/C=C\C/C=C\C/C=C\C/C=C\CCCCCCC(=O)OCC(COCCCCCCCCCCCC/C=C\CCCCCCCC)OC(=O)CCCCCCCCC/C=C\C/C=C\CCCCC. The minimum Gasteiger partial charge on any atom is -0.462 e. The van der Waals surface area contributed by atoms with E-state index >= 15 is 0 Å². The fourth-order valence-electron chi connectivity index (χ4n) is 8.41. The molecule has 0 aliphatic rings. The lowest BCUT2D eigenvalue weighted by Crippen LogP contribution is -2.30. The molecule has 0 saturated carbocycles. The zero-order chi connectivity index (χ0) is 50.6. The number of esters is 2. The molecule has 0 rings (SSSR count). The summed E-state index contributed by atoms with van der Waals surface area (Å²) in [5.41, 5.74) is 0. The molecule has 70 heavy (non-hydrogen) atoms. The summed E-state index contributed by atoms with van der Waals surface area (Å²) < 4.78 is 17.5. The van der Waals surface area contributed by atoms with Crippen LogP contribution in [0.4, 0.5) is 0 Å². The minimum absolute atomic E-state index is 0.0668. The maximum atomic E-state index is 12.9. The van der Waals surface area contributed by atoms with E-state index in [9.17, 15) is 9.59 Å². The molecule has 0 aromatic heterocycles. The second-order valence-corrected chi connectivity index (χ2v) is 19.9. The summed E-state index contributed by atoms with van der Waals surface area (Å²) in [6.45, 7) is 7.68. The molecular formula is C65H114O5. The number of allylic oxidation sites excluding steroid dienone is 14. The van der Waals surface area contributed by atoms with Crippen LogP contribution < -0.4 is 0 Å². The van der Waals surface area contributed by atoms with Gasteiger partial charge in [0.25, 0.3) is 0 Å². The highest BCUT2D eigenvalue weighted by atomic mass is 16.6. The van der Waals surface area contributed by atoms with Crippen molar-refractivity contribution >= 4 is 11.9 Å². The van der Waals surface area contributed by atoms with E-state index in [4.69, 9.17) is 14.2 Å². The molecule has 0 N–H and O–H groups in total. The van der Waals surface area contributed by atoms with Crippen LogP contribution in [0, 0.1) is 0 Å². The molecule has 0 heterocycles. The lowest BCUT2D eigenvalue weighted by Gasteiger charge is -2.18. The van der Waals surface area contributed by atoms with E-state index in [-0.39, 0.29) is 25.2 Å². The van der Waals surface area contributed by atoms with Crippen LogP contribution in [0.15, 0.2) is 85.1 Å². The van der Waals surface area contributed by atoms with Crippen molar-refractivity contribution in [2.75, 3.05) is 19.8 Å². The highest BCUT2D eigenvalue weighted by Crippen LogP contribution is 2.15. The molecule has 0 fully saturated rings. The van der Waals surface area contributed by atoms with E-state index in [1.165, 1.54) is 161 Å². The van der Waals surface area contributed by atoms with E-state index in [2.05, 4.69) is 106 Å². The average Bonchev–Trinajstić information content (AvgIpc) is 3.36. The van der Waals surface area contributed by atoms with Crippen molar-refractivity contribution < 1.29 is 23.8 Å². The van der Waals surface area contributed by atoms with E-state index in [0.717, 1.165) is 96.3 Å². The molecule has 0 saturated heterocycles. The number of carbonyl (C=O) groups excluding carboxylic acids is 2. The van der Waals surface area contributed by atoms with Crippen LogP contribution in [0.3, 0.4) is 0 Å². The summed E-state index contributed by atoms with van der Waals surface area (Å²) in [4.78, 5) is 25.6. The molecule has 1 unspecified atom stereocenters. The van der Waals surface area contributed by atoms with Gasteiger partial charge in [-0.05, 0) is 116 Å². The number of carbonyl (C=O) groups is 2. The van der Waals surface area contributed by atoms with Gasteiger partial charge in [-0.2, -0.15) is 0 Å². The third-order valence-corrected chi connectivity index (χ3v) is 12.9. The second-order valence-electron chi connectivity index (χ2n) is 19.9. The summed E-state index contributed by atoms with van der Waals surface area (Å²) in [6, 6.07) is 0. The third kappa shape index (κ3) is 57.7. The summed E-state index contributed by atoms with van der Waals surface area (Å²) >= 11 is 0. The van der Waals surface area contributed by atoms with Crippen molar-refractivity contribution in [1.29, 1.82) is 0 Å². The molecule has 0 amide bonds. The first kappa shape index (κ1) is 67.1. The normalized spacial score (nSPS) is 12.8. The van der Waals surface area contributed by atoms with E-state index < -0.39 is 6.10 Å². The molecule has 5 nitrogen and oxygen atoms in total. The molecule has 0 spiro atoms. The van der Waals surface area contributed by atoms with Crippen molar-refractivity contribution in [1.82, 2.24) is 0 Å². The van der Waals surface area contributed by atoms with Gasteiger partial charge in [0.15, 0.2) is 6.10 Å². The van der Waals surface area contributed by atoms with Crippen LogP contribution in [0.25, 0.3) is 0 Å². The van der Waals surface area contributed by atoms with Crippen LogP contribution in [-0.4, -0.2) is 37.9 Å². The average molecular weight is 976 g/mol. The van der Waals surface area contributed by atoms with Crippen molar-refractivity contribution in [2.45, 2.75) is 297 Å². The number of unbranched alkanes of at least 4 members (excludes halogenated alkanes) is 30. The maximum Gasteiger partial charge on any atom is 0.306 e. The van der Waals surface area contributed by atoms with Gasteiger partial charge in [-0.1, -0.05) is 247 Å². The van der Waals surface area contributed by atoms with Gasteiger partial charge in [-0.25, -0.2) is 0 Å². The molecular weight excluding hydrogens is 861 g/mol. The van der Waals surface area contributed by atoms with Crippen LogP contribution in [-0.2, 0) is 23.8 Å². The van der Waals surface area contributed by atoms with Gasteiger partial charge < -0.3 is 14.2 Å². The number of hydrogen-bond acceptors (Lipinski definition) is 5. The van der Waals surface area contributed by atoms with E-state index in [1.54, 1.807) is 0 Å². The number of ether oxygens (including phenoxy) is 3. The van der Waals surface area contributed by atoms with Crippen molar-refractivity contribution in [2.24, 2.45) is 0 Å². The predicted molar refractivity (Wildman–Crippen MR) is 307 cm³/mol. The Hall–Kier alpha value is -2.92. The Morgan fingerprint density at radius 2 is 0.643 bits per heavy atom. The van der Waals surface area contributed by atoms with Crippen molar-refractivity contribution in [3.63, 3.8) is 0 Å². The van der Waals surface area contributed by atoms with Crippen LogP contribution >= 0.6 is 0 Å². The minimum atomic E-state index is -0.556. The summed E-state index contributed by atoms with van der Waals surface area (Å²) in [7, 11) is 0. The Kier molecular flexibility index (Phi) is 57.9. The summed E-state index contributed by atoms with van der Waals surface area (Å²) in [6.07, 6.45) is 80.4. The molecule has 5 heteroatoms. The fraction of sp³-hybridized carbons (Fsp3) is 0.754. The Morgan fingerprint density at radius 1 is 0.329 bits per heavy atom. The van der Waals surface area contributed by atoms with Crippen molar-refractivity contribution in [3.8, 4) is 0 Å². The standard InChI is InChI=1S/C65H114O5/c1-4-7-10-13-16-19-22-25-28-31-32-33-36-39-42-45-48-51-54-57-60-68-61-63(70-65(67)59-56-53-50-47-44-41-38-35-30-27-24-21-18-15-12-9-6-3)62-69-64(66)58-55-52-49-46-43-40-37-34-29-26-23-20-17-14-11-8-5-2/h8,11,17-18,20-21,25-30,37,40,63H,4-7,9-10,12-16,19,22-24,31-36,38-39,41-62H2,1-3H3/b11-8-,20-17-,21-18-,28-25-,29-26-,30-27-,40-37-. The first-order chi connectivity index (χ1) is 34.6. The quantitative estimate of drug-likeness (QED) is 0.0345. The lowest BCUT2D eigenvalue weighted by atomic mass is 10.1. The van der Waals surface area contributed by atoms with Gasteiger partial charge in [0.1, 0.15) is 6.61 Å². The Labute approximate surface area is 435 Å². The zero-order valence-electron chi connectivity index (χ0n) is 46.5. The van der Waals surface area contributed by atoms with E-state index in [1.807, 2.05) is 0 Å². The summed E-state index contributed by atoms with van der Waals surface area (Å²) in [5, 5.41) is 0. The van der Waals surface area contributed by atoms with Gasteiger partial charge in [-0.3, -0.25) is 9.59 Å². The lowest BCUT2D eigenvalue weighted by molar-refractivity contribution is -0.163. The van der Waals surface area contributed by atoms with Gasteiger partial charge >= 0.3 is 11.9 Å². The highest BCUT2D eigenvalue weighted by Gasteiger charge is 2.17. The second kappa shape index (κ2) is 60.4. The van der Waals surface area contributed by atoms with Crippen LogP contribution in [0.2, 0.25) is 0 Å². The Morgan fingerprint density at radius 3 is 1.07 bits per heavy atom. The molecule has 0 bridgehead atoms. The molecule has 404 valence electrons. The van der Waals surface area contributed by atoms with Crippen LogP contribution in [0.1, 0.15) is 290 Å². The number of rotatable bonds is 55. The van der Waals surface area contributed by atoms with Gasteiger partial charge in [0.2, 0.25) is 0 Å². The van der Waals surface area contributed by atoms with Gasteiger partial charge in [-0.15, -0.1) is 0 Å². The summed E-state index contributed by atoms with van der Waals surface area (Å²) in [5.74, 6) is -0.427. The highest BCUT2D eigenvalue weighted by molar-refractivity contribution is 5.70. The van der Waals surface area contributed by atoms with Gasteiger partial charge in [0, 0.05) is 19.4 Å². The van der Waals surface area contributed by atoms with Crippen molar-refractivity contribution in [3.05, 3.63) is 85.1 Å². The molecule has 1 atom stereocenters. The molecule has 0 radical (unpaired) electrons. The number of hydrogen-bond donors (Lipinski definition) is 0. The first-order valence-corrected chi connectivity index (χ1v) is 30.1. The predicted octanol–water partition coefficient (Wildman–Crippen LogP) is 20.8. The Balaban J connectivity index is 4.32. The fourth-order valence-corrected chi connectivity index (χ4v) is 8.41. The third-order valence-electron chi connectivity index (χ3n) is 12.9. The molecule has 0 aromatic carbocycles. The van der Waals surface area contributed by atoms with E-state index in [0.29, 0.717) is 19.4 Å².